The smallest absolute Gasteiger partial charge is 0.313 e. The number of benzene rings is 2. The molecule has 2 rings (SSSR count). The van der Waals surface area contributed by atoms with E-state index in [9.17, 15) is 14.3 Å². The monoisotopic (exact) mass is 292 g/mol. The van der Waals surface area contributed by atoms with Gasteiger partial charge in [-0.05, 0) is 42.7 Å². The van der Waals surface area contributed by atoms with Crippen molar-refractivity contribution in [3.8, 4) is 11.1 Å². The third-order valence-corrected chi connectivity index (χ3v) is 3.68. The lowest BCUT2D eigenvalue weighted by Gasteiger charge is -2.19. The minimum atomic E-state index is -0.945. The average molecular weight is 293 g/mol. The van der Waals surface area contributed by atoms with Crippen molar-refractivity contribution in [3.05, 3.63) is 58.9 Å². The highest BCUT2D eigenvalue weighted by Crippen LogP contribution is 2.28. The summed E-state index contributed by atoms with van der Waals surface area (Å²) in [5.41, 5.74) is 1.41. The highest BCUT2D eigenvalue weighted by atomic mass is 35.5. The fourth-order valence-corrected chi connectivity index (χ4v) is 2.06. The molecule has 2 aromatic carbocycles. The molecule has 0 aliphatic heterocycles. The fraction of sp³-hybridized carbons (Fsp3) is 0.188. The summed E-state index contributed by atoms with van der Waals surface area (Å²) in [6.07, 6.45) is 0. The van der Waals surface area contributed by atoms with E-state index in [-0.39, 0.29) is 5.02 Å². The Kier molecular flexibility index (Phi) is 3.82. The summed E-state index contributed by atoms with van der Waals surface area (Å²) in [5, 5.41) is 9.26. The Labute approximate surface area is 121 Å². The van der Waals surface area contributed by atoms with E-state index in [2.05, 4.69) is 0 Å². The van der Waals surface area contributed by atoms with Gasteiger partial charge in [0.15, 0.2) is 0 Å². The van der Waals surface area contributed by atoms with Gasteiger partial charge in [0, 0.05) is 0 Å². The van der Waals surface area contributed by atoms with E-state index in [1.54, 1.807) is 38.1 Å². The first-order chi connectivity index (χ1) is 9.32. The van der Waals surface area contributed by atoms with Crippen LogP contribution in [-0.4, -0.2) is 11.1 Å². The molecule has 0 unspecified atom stereocenters. The highest BCUT2D eigenvalue weighted by Gasteiger charge is 2.29. The zero-order valence-electron chi connectivity index (χ0n) is 11.2. The molecule has 2 nitrogen and oxygen atoms in total. The maximum absolute atomic E-state index is 13.1. The molecule has 2 aromatic rings. The minimum Gasteiger partial charge on any atom is -0.481 e. The molecule has 0 bridgehead atoms. The summed E-state index contributed by atoms with van der Waals surface area (Å²) < 4.78 is 13.1. The molecule has 0 fully saturated rings. The second-order valence-corrected chi connectivity index (χ2v) is 5.54. The van der Waals surface area contributed by atoms with Crippen LogP contribution in [0.15, 0.2) is 42.5 Å². The molecule has 0 saturated heterocycles. The lowest BCUT2D eigenvalue weighted by molar-refractivity contribution is -0.142. The molecule has 0 aliphatic rings. The third-order valence-electron chi connectivity index (χ3n) is 3.39. The first-order valence-electron chi connectivity index (χ1n) is 6.12. The molecular weight excluding hydrogens is 279 g/mol. The molecule has 0 heterocycles. The van der Waals surface area contributed by atoms with Crippen LogP contribution in [0.2, 0.25) is 5.02 Å². The Morgan fingerprint density at radius 3 is 2.15 bits per heavy atom. The highest BCUT2D eigenvalue weighted by molar-refractivity contribution is 6.31. The van der Waals surface area contributed by atoms with Crippen molar-refractivity contribution in [1.82, 2.24) is 0 Å². The van der Waals surface area contributed by atoms with Crippen LogP contribution in [0.4, 0.5) is 4.39 Å². The number of halogens is 2. The van der Waals surface area contributed by atoms with Gasteiger partial charge in [-0.1, -0.05) is 41.9 Å². The first-order valence-corrected chi connectivity index (χ1v) is 6.49. The molecule has 4 heteroatoms. The Hall–Kier alpha value is -1.87. The van der Waals surface area contributed by atoms with Crippen LogP contribution >= 0.6 is 11.6 Å². The Bertz CT molecular complexity index is 648. The third kappa shape index (κ3) is 2.68. The number of aliphatic carboxylic acids is 1. The number of hydrogen-bond acceptors (Lipinski definition) is 1. The topological polar surface area (TPSA) is 37.3 Å². The zero-order valence-corrected chi connectivity index (χ0v) is 11.9. The van der Waals surface area contributed by atoms with Crippen LogP contribution in [-0.2, 0) is 10.2 Å². The fourth-order valence-electron chi connectivity index (χ4n) is 1.88. The van der Waals surface area contributed by atoms with Gasteiger partial charge in [0.1, 0.15) is 5.82 Å². The normalized spacial score (nSPS) is 11.4. The van der Waals surface area contributed by atoms with Crippen molar-refractivity contribution in [3.63, 3.8) is 0 Å². The van der Waals surface area contributed by atoms with Crippen LogP contribution in [0.5, 0.6) is 0 Å². The lowest BCUT2D eigenvalue weighted by atomic mass is 9.84. The number of carboxylic acids is 1. The van der Waals surface area contributed by atoms with E-state index in [0.717, 1.165) is 11.1 Å². The van der Waals surface area contributed by atoms with Gasteiger partial charge in [0.05, 0.1) is 10.4 Å². The molecule has 0 radical (unpaired) electrons. The Morgan fingerprint density at radius 2 is 1.65 bits per heavy atom. The average Bonchev–Trinajstić information content (AvgIpc) is 2.42. The van der Waals surface area contributed by atoms with E-state index in [4.69, 9.17) is 11.6 Å². The number of hydrogen-bond donors (Lipinski definition) is 1. The lowest BCUT2D eigenvalue weighted by Crippen LogP contribution is -2.28. The largest absolute Gasteiger partial charge is 0.481 e. The molecule has 0 spiro atoms. The number of rotatable bonds is 3. The van der Waals surface area contributed by atoms with Gasteiger partial charge in [-0.2, -0.15) is 0 Å². The van der Waals surface area contributed by atoms with Gasteiger partial charge in [-0.3, -0.25) is 4.79 Å². The van der Waals surface area contributed by atoms with E-state index < -0.39 is 17.2 Å². The molecule has 104 valence electrons. The van der Waals surface area contributed by atoms with Crippen molar-refractivity contribution in [1.29, 1.82) is 0 Å². The van der Waals surface area contributed by atoms with Crippen molar-refractivity contribution in [2.24, 2.45) is 0 Å². The van der Waals surface area contributed by atoms with Crippen LogP contribution in [0.3, 0.4) is 0 Å². The van der Waals surface area contributed by atoms with E-state index in [1.807, 2.05) is 12.1 Å². The van der Waals surface area contributed by atoms with Crippen molar-refractivity contribution in [2.45, 2.75) is 19.3 Å². The predicted octanol–water partition coefficient (Wildman–Crippen LogP) is 4.51. The Balaban J connectivity index is 2.37. The molecule has 0 atom stereocenters. The predicted molar refractivity (Wildman–Crippen MR) is 77.5 cm³/mol. The van der Waals surface area contributed by atoms with Gasteiger partial charge in [-0.25, -0.2) is 4.39 Å². The molecule has 1 N–H and O–H groups in total. The maximum Gasteiger partial charge on any atom is 0.313 e. The second kappa shape index (κ2) is 5.25. The summed E-state index contributed by atoms with van der Waals surface area (Å²) >= 11 is 5.76. The van der Waals surface area contributed by atoms with Crippen LogP contribution in [0.1, 0.15) is 19.4 Å². The van der Waals surface area contributed by atoms with Crippen LogP contribution < -0.4 is 0 Å². The second-order valence-electron chi connectivity index (χ2n) is 5.14. The number of carboxylic acid groups (broad SMARTS) is 1. The Morgan fingerprint density at radius 1 is 1.10 bits per heavy atom. The molecule has 0 saturated carbocycles. The zero-order chi connectivity index (χ0) is 14.9. The summed E-state index contributed by atoms with van der Waals surface area (Å²) in [6.45, 7) is 3.30. The molecule has 20 heavy (non-hydrogen) atoms. The van der Waals surface area contributed by atoms with Gasteiger partial charge in [0.25, 0.3) is 0 Å². The standard InChI is InChI=1S/C16H14ClFO2/c1-16(2,15(19)20)12-6-3-10(4-7-12)11-5-8-14(18)13(17)9-11/h3-9H,1-2H3,(H,19,20). The summed E-state index contributed by atoms with van der Waals surface area (Å²) in [5.74, 6) is -1.34. The maximum atomic E-state index is 13.1. The van der Waals surface area contributed by atoms with Gasteiger partial charge in [-0.15, -0.1) is 0 Å². The minimum absolute atomic E-state index is 0.0671. The van der Waals surface area contributed by atoms with E-state index >= 15 is 0 Å². The summed E-state index contributed by atoms with van der Waals surface area (Å²) in [4.78, 5) is 11.2. The summed E-state index contributed by atoms with van der Waals surface area (Å²) in [6, 6.07) is 11.6. The SMILES string of the molecule is CC(C)(C(=O)O)c1ccc(-c2ccc(F)c(Cl)c2)cc1. The summed E-state index contributed by atoms with van der Waals surface area (Å²) in [7, 11) is 0. The van der Waals surface area contributed by atoms with Gasteiger partial charge < -0.3 is 5.11 Å². The molecular formula is C16H14ClFO2. The van der Waals surface area contributed by atoms with Crippen molar-refractivity contribution < 1.29 is 14.3 Å². The van der Waals surface area contributed by atoms with Crippen LogP contribution in [0.25, 0.3) is 11.1 Å². The molecule has 0 amide bonds. The van der Waals surface area contributed by atoms with Gasteiger partial charge >= 0.3 is 5.97 Å². The van der Waals surface area contributed by atoms with E-state index in [0.29, 0.717) is 5.56 Å². The molecule has 0 aromatic heterocycles. The van der Waals surface area contributed by atoms with Crippen molar-refractivity contribution >= 4 is 17.6 Å². The van der Waals surface area contributed by atoms with E-state index in [1.165, 1.54) is 6.07 Å². The van der Waals surface area contributed by atoms with Gasteiger partial charge in [0.2, 0.25) is 0 Å². The molecule has 0 aliphatic carbocycles. The number of carbonyl (C=O) groups is 1. The van der Waals surface area contributed by atoms with Crippen LogP contribution in [0, 0.1) is 5.82 Å². The van der Waals surface area contributed by atoms with Crippen molar-refractivity contribution in [2.75, 3.05) is 0 Å². The quantitative estimate of drug-likeness (QED) is 0.904. The first kappa shape index (κ1) is 14.5.